The number of anilines is 2. The summed E-state index contributed by atoms with van der Waals surface area (Å²) < 4.78 is 0. The summed E-state index contributed by atoms with van der Waals surface area (Å²) in [4.78, 5) is 27.7. The lowest BCUT2D eigenvalue weighted by atomic mass is 10.1. The van der Waals surface area contributed by atoms with Gasteiger partial charge in [0.25, 0.3) is 0 Å². The first-order valence-corrected chi connectivity index (χ1v) is 7.41. The number of rotatable bonds is 4. The first-order valence-electron chi connectivity index (χ1n) is 7.41. The van der Waals surface area contributed by atoms with Crippen molar-refractivity contribution < 1.29 is 9.59 Å². The molecular formula is C16H23N3O2. The molecule has 1 N–H and O–H groups in total. The minimum absolute atomic E-state index is 0.0721. The Morgan fingerprint density at radius 1 is 1.10 bits per heavy atom. The van der Waals surface area contributed by atoms with Crippen LogP contribution in [-0.4, -0.2) is 43.9 Å². The van der Waals surface area contributed by atoms with Gasteiger partial charge in [-0.3, -0.25) is 9.59 Å². The van der Waals surface area contributed by atoms with Crippen LogP contribution in [0, 0.1) is 0 Å². The van der Waals surface area contributed by atoms with Crippen LogP contribution in [-0.2, 0) is 9.59 Å². The third-order valence-corrected chi connectivity index (χ3v) is 3.69. The van der Waals surface area contributed by atoms with E-state index in [9.17, 15) is 9.59 Å². The molecule has 0 saturated carbocycles. The molecule has 1 aromatic carbocycles. The summed E-state index contributed by atoms with van der Waals surface area (Å²) in [5.41, 5.74) is 1.79. The zero-order valence-corrected chi connectivity index (χ0v) is 12.8. The summed E-state index contributed by atoms with van der Waals surface area (Å²) in [6.45, 7) is 1.56. The summed E-state index contributed by atoms with van der Waals surface area (Å²) in [6, 6.07) is 7.56. The van der Waals surface area contributed by atoms with E-state index in [1.165, 1.54) is 6.42 Å². The van der Waals surface area contributed by atoms with Gasteiger partial charge in [0, 0.05) is 38.6 Å². The van der Waals surface area contributed by atoms with Crippen molar-refractivity contribution in [1.82, 2.24) is 4.90 Å². The molecule has 0 unspecified atom stereocenters. The van der Waals surface area contributed by atoms with E-state index in [2.05, 4.69) is 5.32 Å². The average molecular weight is 289 g/mol. The van der Waals surface area contributed by atoms with Gasteiger partial charge in [-0.2, -0.15) is 0 Å². The van der Waals surface area contributed by atoms with Gasteiger partial charge in [-0.25, -0.2) is 0 Å². The minimum Gasteiger partial charge on any atom is -0.378 e. The van der Waals surface area contributed by atoms with Crippen molar-refractivity contribution in [3.8, 4) is 0 Å². The first-order chi connectivity index (χ1) is 10.1. The van der Waals surface area contributed by atoms with Gasteiger partial charge in [0.2, 0.25) is 11.8 Å². The monoisotopic (exact) mass is 289 g/mol. The molecule has 2 amide bonds. The van der Waals surface area contributed by atoms with Crippen LogP contribution in [0.5, 0.6) is 0 Å². The van der Waals surface area contributed by atoms with E-state index in [4.69, 9.17) is 0 Å². The maximum Gasteiger partial charge on any atom is 0.233 e. The molecule has 114 valence electrons. The zero-order chi connectivity index (χ0) is 15.2. The molecule has 0 spiro atoms. The second kappa shape index (κ2) is 7.11. The van der Waals surface area contributed by atoms with Crippen molar-refractivity contribution >= 4 is 23.2 Å². The van der Waals surface area contributed by atoms with Crippen molar-refractivity contribution in [3.05, 3.63) is 24.3 Å². The van der Waals surface area contributed by atoms with Crippen LogP contribution < -0.4 is 10.2 Å². The first kappa shape index (κ1) is 15.4. The van der Waals surface area contributed by atoms with E-state index in [1.807, 2.05) is 43.3 Å². The molecule has 1 fully saturated rings. The van der Waals surface area contributed by atoms with E-state index >= 15 is 0 Å². The smallest absolute Gasteiger partial charge is 0.233 e. The molecule has 1 aromatic rings. The Balaban J connectivity index is 1.84. The third-order valence-electron chi connectivity index (χ3n) is 3.69. The van der Waals surface area contributed by atoms with Crippen molar-refractivity contribution in [2.45, 2.75) is 25.7 Å². The van der Waals surface area contributed by atoms with Gasteiger partial charge in [-0.05, 0) is 43.5 Å². The maximum atomic E-state index is 12.0. The maximum absolute atomic E-state index is 12.0. The van der Waals surface area contributed by atoms with Crippen molar-refractivity contribution in [3.63, 3.8) is 0 Å². The minimum atomic E-state index is -0.247. The molecule has 0 aromatic heterocycles. The Labute approximate surface area is 125 Å². The van der Waals surface area contributed by atoms with Crippen molar-refractivity contribution in [1.29, 1.82) is 0 Å². The van der Waals surface area contributed by atoms with Crippen LogP contribution in [0.15, 0.2) is 24.3 Å². The van der Waals surface area contributed by atoms with Gasteiger partial charge in [0.15, 0.2) is 0 Å². The molecule has 1 aliphatic heterocycles. The zero-order valence-electron chi connectivity index (χ0n) is 12.8. The van der Waals surface area contributed by atoms with E-state index in [1.54, 1.807) is 4.90 Å². The highest BCUT2D eigenvalue weighted by molar-refractivity contribution is 6.03. The second-order valence-corrected chi connectivity index (χ2v) is 5.61. The summed E-state index contributed by atoms with van der Waals surface area (Å²) in [7, 11) is 3.93. The predicted molar refractivity (Wildman–Crippen MR) is 84.4 cm³/mol. The fraction of sp³-hybridized carbons (Fsp3) is 0.500. The van der Waals surface area contributed by atoms with Crippen LogP contribution in [0.4, 0.5) is 11.4 Å². The molecule has 0 radical (unpaired) electrons. The normalized spacial score (nSPS) is 14.7. The summed E-state index contributed by atoms with van der Waals surface area (Å²) in [5.74, 6) is -0.319. The van der Waals surface area contributed by atoms with Crippen LogP contribution in [0.3, 0.4) is 0 Å². The molecule has 1 heterocycles. The number of hydrogen-bond donors (Lipinski definition) is 1. The van der Waals surface area contributed by atoms with Crippen LogP contribution in [0.2, 0.25) is 0 Å². The Morgan fingerprint density at radius 3 is 2.29 bits per heavy atom. The number of benzene rings is 1. The topological polar surface area (TPSA) is 52.7 Å². The number of hydrogen-bond acceptors (Lipinski definition) is 3. The molecular weight excluding hydrogens is 266 g/mol. The van der Waals surface area contributed by atoms with Crippen LogP contribution >= 0.6 is 0 Å². The molecule has 1 saturated heterocycles. The fourth-order valence-corrected chi connectivity index (χ4v) is 2.44. The lowest BCUT2D eigenvalue weighted by Crippen LogP contribution is -2.37. The van der Waals surface area contributed by atoms with Crippen molar-refractivity contribution in [2.75, 3.05) is 37.4 Å². The highest BCUT2D eigenvalue weighted by Crippen LogP contribution is 2.16. The van der Waals surface area contributed by atoms with Gasteiger partial charge in [0.05, 0.1) is 0 Å². The highest BCUT2D eigenvalue weighted by Gasteiger charge is 2.19. The SMILES string of the molecule is CN(C)c1ccc(NC(=O)CC(=O)N2CCCCC2)cc1. The van der Waals surface area contributed by atoms with E-state index in [0.29, 0.717) is 0 Å². The molecule has 1 aliphatic rings. The number of nitrogens with one attached hydrogen (secondary N) is 1. The molecule has 5 heteroatoms. The van der Waals surface area contributed by atoms with Crippen molar-refractivity contribution in [2.24, 2.45) is 0 Å². The van der Waals surface area contributed by atoms with Gasteiger partial charge >= 0.3 is 0 Å². The number of carbonyl (C=O) groups is 2. The Hall–Kier alpha value is -2.04. The van der Waals surface area contributed by atoms with Gasteiger partial charge < -0.3 is 15.1 Å². The quantitative estimate of drug-likeness (QED) is 0.864. The number of likely N-dealkylation sites (tertiary alicyclic amines) is 1. The van der Waals surface area contributed by atoms with Gasteiger partial charge in [0.1, 0.15) is 6.42 Å². The fourth-order valence-electron chi connectivity index (χ4n) is 2.44. The molecule has 0 bridgehead atoms. The third kappa shape index (κ3) is 4.48. The number of carbonyl (C=O) groups excluding carboxylic acids is 2. The molecule has 21 heavy (non-hydrogen) atoms. The molecule has 5 nitrogen and oxygen atoms in total. The predicted octanol–water partition coefficient (Wildman–Crippen LogP) is 2.09. The lowest BCUT2D eigenvalue weighted by Gasteiger charge is -2.26. The van der Waals surface area contributed by atoms with E-state index < -0.39 is 0 Å². The summed E-state index contributed by atoms with van der Waals surface area (Å²) >= 11 is 0. The standard InChI is InChI=1S/C16H23N3O2/c1-18(2)14-8-6-13(7-9-14)17-15(20)12-16(21)19-10-4-3-5-11-19/h6-9H,3-5,10-12H2,1-2H3,(H,17,20). The van der Waals surface area contributed by atoms with Gasteiger partial charge in [-0.1, -0.05) is 0 Å². The lowest BCUT2D eigenvalue weighted by molar-refractivity contribution is -0.135. The number of piperidine rings is 1. The Morgan fingerprint density at radius 2 is 1.71 bits per heavy atom. The highest BCUT2D eigenvalue weighted by atomic mass is 16.2. The summed E-state index contributed by atoms with van der Waals surface area (Å²) in [5, 5.41) is 2.77. The van der Waals surface area contributed by atoms with Crippen LogP contribution in [0.1, 0.15) is 25.7 Å². The van der Waals surface area contributed by atoms with E-state index in [-0.39, 0.29) is 18.2 Å². The van der Waals surface area contributed by atoms with E-state index in [0.717, 1.165) is 37.3 Å². The average Bonchev–Trinajstić information content (AvgIpc) is 2.48. The Bertz CT molecular complexity index is 491. The van der Waals surface area contributed by atoms with Crippen LogP contribution in [0.25, 0.3) is 0 Å². The largest absolute Gasteiger partial charge is 0.378 e. The number of nitrogens with zero attached hydrogens (tertiary/aromatic N) is 2. The number of amides is 2. The molecule has 0 atom stereocenters. The van der Waals surface area contributed by atoms with Gasteiger partial charge in [-0.15, -0.1) is 0 Å². The molecule has 0 aliphatic carbocycles. The second-order valence-electron chi connectivity index (χ2n) is 5.61. The summed E-state index contributed by atoms with van der Waals surface area (Å²) in [6.07, 6.45) is 3.18. The Kier molecular flexibility index (Phi) is 5.20. The molecule has 2 rings (SSSR count).